The maximum absolute atomic E-state index is 12.9. The van der Waals surface area contributed by atoms with Gasteiger partial charge in [-0.05, 0) is 12.8 Å². The molecular formula is C44H91N2O6P. The Morgan fingerprint density at radius 3 is 1.28 bits per heavy atom. The normalized spacial score (nSPS) is 14.3. The van der Waals surface area contributed by atoms with Crippen molar-refractivity contribution in [3.05, 3.63) is 0 Å². The number of phosphoric acid groups is 1. The molecule has 0 aliphatic heterocycles. The molecule has 53 heavy (non-hydrogen) atoms. The number of unbranched alkanes of at least 4 members (excludes halogenated alkanes) is 29. The fourth-order valence-corrected chi connectivity index (χ4v) is 7.65. The molecule has 0 aromatic heterocycles. The summed E-state index contributed by atoms with van der Waals surface area (Å²) in [7, 11) is 1.32. The number of nitrogens with one attached hydrogen (secondary N) is 1. The first-order valence-corrected chi connectivity index (χ1v) is 24.3. The van der Waals surface area contributed by atoms with Gasteiger partial charge in [0.05, 0.1) is 39.9 Å². The number of rotatable bonds is 42. The van der Waals surface area contributed by atoms with Gasteiger partial charge in [-0.1, -0.05) is 206 Å². The standard InChI is InChI=1S/C44H91N2O6P/c1-6-8-10-12-14-16-18-20-21-22-23-24-26-28-30-32-34-36-38-44(48)45-42(41-52-53(49,50)51-40-39-46(3,4)5)43(47)37-35-33-31-29-27-25-19-17-15-13-11-9-7-2/h42-43,47H,6-41H2,1-5H3,(H-,45,48,49,50). The highest BCUT2D eigenvalue weighted by Gasteiger charge is 2.24. The molecule has 318 valence electrons. The highest BCUT2D eigenvalue weighted by atomic mass is 31.2. The van der Waals surface area contributed by atoms with Crippen LogP contribution in [0.15, 0.2) is 0 Å². The second-order valence-electron chi connectivity index (χ2n) is 17.1. The lowest BCUT2D eigenvalue weighted by atomic mass is 10.0. The Hall–Kier alpha value is -0.500. The van der Waals surface area contributed by atoms with Gasteiger partial charge < -0.3 is 28.8 Å². The quantitative estimate of drug-likeness (QED) is 0.0363. The van der Waals surface area contributed by atoms with Crippen molar-refractivity contribution in [3.8, 4) is 0 Å². The Labute approximate surface area is 329 Å². The zero-order valence-corrected chi connectivity index (χ0v) is 36.9. The van der Waals surface area contributed by atoms with E-state index in [1.54, 1.807) is 0 Å². The summed E-state index contributed by atoms with van der Waals surface area (Å²) in [4.78, 5) is 25.3. The summed E-state index contributed by atoms with van der Waals surface area (Å²) in [6.07, 6.45) is 39.6. The minimum Gasteiger partial charge on any atom is -0.756 e. The number of quaternary nitrogens is 1. The second-order valence-corrected chi connectivity index (χ2v) is 18.5. The number of likely N-dealkylation sites (N-methyl/N-ethyl adjacent to an activating group) is 1. The van der Waals surface area contributed by atoms with Gasteiger partial charge in [0.25, 0.3) is 7.82 Å². The van der Waals surface area contributed by atoms with Crippen molar-refractivity contribution in [2.24, 2.45) is 0 Å². The van der Waals surface area contributed by atoms with E-state index in [1.807, 2.05) is 21.1 Å². The molecular weight excluding hydrogens is 683 g/mol. The van der Waals surface area contributed by atoms with Gasteiger partial charge in [0.15, 0.2) is 0 Å². The Bertz CT molecular complexity index is 839. The molecule has 0 bridgehead atoms. The molecule has 0 spiro atoms. The molecule has 0 aromatic carbocycles. The number of phosphoric ester groups is 1. The van der Waals surface area contributed by atoms with Crippen LogP contribution in [0.2, 0.25) is 0 Å². The third kappa shape index (κ3) is 39.5. The molecule has 0 aliphatic rings. The van der Waals surface area contributed by atoms with E-state index in [9.17, 15) is 19.4 Å². The largest absolute Gasteiger partial charge is 0.756 e. The van der Waals surface area contributed by atoms with Crippen molar-refractivity contribution in [1.82, 2.24) is 5.32 Å². The minimum atomic E-state index is -4.55. The van der Waals surface area contributed by atoms with E-state index in [0.717, 1.165) is 38.5 Å². The van der Waals surface area contributed by atoms with Crippen molar-refractivity contribution in [3.63, 3.8) is 0 Å². The number of hydrogen-bond acceptors (Lipinski definition) is 6. The van der Waals surface area contributed by atoms with Crippen molar-refractivity contribution < 1.29 is 32.9 Å². The van der Waals surface area contributed by atoms with Crippen molar-refractivity contribution in [1.29, 1.82) is 0 Å². The zero-order chi connectivity index (χ0) is 39.3. The molecule has 0 rings (SSSR count). The van der Waals surface area contributed by atoms with E-state index >= 15 is 0 Å². The summed E-state index contributed by atoms with van der Waals surface area (Å²) in [6.45, 7) is 4.74. The van der Waals surface area contributed by atoms with Gasteiger partial charge in [0, 0.05) is 6.42 Å². The lowest BCUT2D eigenvalue weighted by Crippen LogP contribution is -2.46. The Balaban J connectivity index is 4.28. The van der Waals surface area contributed by atoms with Gasteiger partial charge in [-0.15, -0.1) is 0 Å². The van der Waals surface area contributed by atoms with Crippen LogP contribution < -0.4 is 10.2 Å². The SMILES string of the molecule is CCCCCCCCCCCCCCCCCCCCC(=O)NC(COP(=O)([O-])OCC[N+](C)(C)C)C(O)CCCCCCCCCCCCCCC. The van der Waals surface area contributed by atoms with Gasteiger partial charge in [-0.25, -0.2) is 0 Å². The van der Waals surface area contributed by atoms with Crippen molar-refractivity contribution in [2.75, 3.05) is 40.9 Å². The Morgan fingerprint density at radius 1 is 0.585 bits per heavy atom. The van der Waals surface area contributed by atoms with Gasteiger partial charge in [0.2, 0.25) is 5.91 Å². The third-order valence-electron chi connectivity index (χ3n) is 10.6. The maximum Gasteiger partial charge on any atom is 0.268 e. The molecule has 1 amide bonds. The van der Waals surface area contributed by atoms with Crippen LogP contribution in [-0.4, -0.2) is 68.5 Å². The van der Waals surface area contributed by atoms with Gasteiger partial charge in [-0.2, -0.15) is 0 Å². The maximum atomic E-state index is 12.9. The number of amides is 1. The summed E-state index contributed by atoms with van der Waals surface area (Å²) >= 11 is 0. The monoisotopic (exact) mass is 775 g/mol. The van der Waals surface area contributed by atoms with E-state index in [4.69, 9.17) is 9.05 Å². The summed E-state index contributed by atoms with van der Waals surface area (Å²) in [5, 5.41) is 13.9. The number of nitrogens with zero attached hydrogens (tertiary/aromatic N) is 1. The molecule has 3 atom stereocenters. The van der Waals surface area contributed by atoms with Gasteiger partial charge >= 0.3 is 0 Å². The van der Waals surface area contributed by atoms with Crippen LogP contribution in [0.25, 0.3) is 0 Å². The van der Waals surface area contributed by atoms with Crippen LogP contribution >= 0.6 is 7.82 Å². The van der Waals surface area contributed by atoms with Gasteiger partial charge in [-0.3, -0.25) is 9.36 Å². The van der Waals surface area contributed by atoms with E-state index in [-0.39, 0.29) is 19.1 Å². The number of aliphatic hydroxyl groups is 1. The molecule has 0 heterocycles. The fraction of sp³-hybridized carbons (Fsp3) is 0.977. The lowest BCUT2D eigenvalue weighted by molar-refractivity contribution is -0.870. The molecule has 9 heteroatoms. The molecule has 0 saturated carbocycles. The van der Waals surface area contributed by atoms with Crippen LogP contribution in [-0.2, 0) is 18.4 Å². The first kappa shape index (κ1) is 52.5. The molecule has 8 nitrogen and oxygen atoms in total. The second kappa shape index (κ2) is 37.1. The molecule has 0 aliphatic carbocycles. The molecule has 0 saturated heterocycles. The van der Waals surface area contributed by atoms with Crippen molar-refractivity contribution in [2.45, 2.75) is 238 Å². The number of hydrogen-bond donors (Lipinski definition) is 2. The number of carbonyl (C=O) groups is 1. The fourth-order valence-electron chi connectivity index (χ4n) is 6.92. The van der Waals surface area contributed by atoms with E-state index < -0.39 is 20.0 Å². The number of aliphatic hydroxyl groups excluding tert-OH is 1. The first-order valence-electron chi connectivity index (χ1n) is 22.9. The van der Waals surface area contributed by atoms with E-state index in [0.29, 0.717) is 23.9 Å². The lowest BCUT2D eigenvalue weighted by Gasteiger charge is -2.30. The Kier molecular flexibility index (Phi) is 36.7. The highest BCUT2D eigenvalue weighted by Crippen LogP contribution is 2.38. The zero-order valence-electron chi connectivity index (χ0n) is 36.0. The predicted molar refractivity (Wildman–Crippen MR) is 224 cm³/mol. The molecule has 0 radical (unpaired) electrons. The summed E-state index contributed by atoms with van der Waals surface area (Å²) in [5.74, 6) is -0.161. The van der Waals surface area contributed by atoms with Crippen molar-refractivity contribution >= 4 is 13.7 Å². The first-order chi connectivity index (χ1) is 25.5. The van der Waals surface area contributed by atoms with Crippen LogP contribution in [0.3, 0.4) is 0 Å². The van der Waals surface area contributed by atoms with Crippen LogP contribution in [0, 0.1) is 0 Å². The predicted octanol–water partition coefficient (Wildman–Crippen LogP) is 12.0. The average Bonchev–Trinajstić information content (AvgIpc) is 3.10. The Morgan fingerprint density at radius 2 is 0.925 bits per heavy atom. The third-order valence-corrected chi connectivity index (χ3v) is 11.6. The van der Waals surface area contributed by atoms with Crippen LogP contribution in [0.5, 0.6) is 0 Å². The smallest absolute Gasteiger partial charge is 0.268 e. The summed E-state index contributed by atoms with van der Waals surface area (Å²) < 4.78 is 23.3. The van der Waals surface area contributed by atoms with E-state index in [2.05, 4.69) is 19.2 Å². The summed E-state index contributed by atoms with van der Waals surface area (Å²) in [5.41, 5.74) is 0. The average molecular weight is 775 g/mol. The molecule has 0 aromatic rings. The topological polar surface area (TPSA) is 108 Å². The van der Waals surface area contributed by atoms with Gasteiger partial charge in [0.1, 0.15) is 13.2 Å². The van der Waals surface area contributed by atoms with Crippen LogP contribution in [0.4, 0.5) is 0 Å². The number of carbonyl (C=O) groups excluding carboxylic acids is 1. The minimum absolute atomic E-state index is 0.0160. The molecule has 0 fully saturated rings. The summed E-state index contributed by atoms with van der Waals surface area (Å²) in [6, 6.07) is -0.792. The molecule has 2 N–H and O–H groups in total. The highest BCUT2D eigenvalue weighted by molar-refractivity contribution is 7.45. The van der Waals surface area contributed by atoms with Crippen LogP contribution in [0.1, 0.15) is 226 Å². The van der Waals surface area contributed by atoms with E-state index in [1.165, 1.54) is 161 Å². The molecule has 3 unspecified atom stereocenters.